The van der Waals surface area contributed by atoms with Gasteiger partial charge in [0, 0.05) is 19.1 Å². The van der Waals surface area contributed by atoms with Crippen molar-refractivity contribution in [3.63, 3.8) is 0 Å². The summed E-state index contributed by atoms with van der Waals surface area (Å²) < 4.78 is 16.0. The van der Waals surface area contributed by atoms with E-state index in [4.69, 9.17) is 19.7 Å². The molecule has 0 amide bonds. The largest absolute Gasteiger partial charge is 0.497 e. The molecule has 2 unspecified atom stereocenters. The van der Waals surface area contributed by atoms with Gasteiger partial charge in [0.25, 0.3) is 0 Å². The van der Waals surface area contributed by atoms with Gasteiger partial charge >= 0.3 is 0 Å². The molecule has 2 aromatic rings. The van der Waals surface area contributed by atoms with E-state index in [2.05, 4.69) is 10.1 Å². The second-order valence-corrected chi connectivity index (χ2v) is 5.21. The predicted molar refractivity (Wildman–Crippen MR) is 76.3 cm³/mol. The Labute approximate surface area is 123 Å². The quantitative estimate of drug-likeness (QED) is 0.918. The Morgan fingerprint density at radius 2 is 2.33 bits per heavy atom. The van der Waals surface area contributed by atoms with E-state index in [9.17, 15) is 0 Å². The molecule has 6 heteroatoms. The molecular weight excluding hydrogens is 270 g/mol. The van der Waals surface area contributed by atoms with Crippen molar-refractivity contribution in [2.45, 2.75) is 24.8 Å². The molecular formula is C15H19N3O3. The smallest absolute Gasteiger partial charge is 0.233 e. The zero-order chi connectivity index (χ0) is 14.7. The van der Waals surface area contributed by atoms with Crippen molar-refractivity contribution in [3.8, 4) is 5.75 Å². The van der Waals surface area contributed by atoms with Gasteiger partial charge in [-0.25, -0.2) is 0 Å². The number of aromatic nitrogens is 2. The number of benzene rings is 1. The maximum Gasteiger partial charge on any atom is 0.233 e. The van der Waals surface area contributed by atoms with E-state index in [0.29, 0.717) is 31.3 Å². The van der Waals surface area contributed by atoms with Crippen molar-refractivity contribution in [1.82, 2.24) is 10.1 Å². The van der Waals surface area contributed by atoms with Gasteiger partial charge in [0.1, 0.15) is 5.75 Å². The fourth-order valence-corrected chi connectivity index (χ4v) is 2.46. The van der Waals surface area contributed by atoms with Crippen LogP contribution in [0, 0.1) is 0 Å². The molecule has 112 valence electrons. The number of nitrogens with two attached hydrogens (primary N) is 1. The Morgan fingerprint density at radius 3 is 3.14 bits per heavy atom. The van der Waals surface area contributed by atoms with Crippen LogP contribution in [-0.2, 0) is 11.2 Å². The second kappa shape index (κ2) is 6.24. The standard InChI is InChI=1S/C15H19N3O3/c1-19-11-4-2-3-10(7-11)8-14-17-15(21-18-14)12-9-20-6-5-13(12)16/h2-4,7,12-13H,5-6,8-9,16H2,1H3. The molecule has 0 aliphatic carbocycles. The highest BCUT2D eigenvalue weighted by Gasteiger charge is 2.29. The van der Waals surface area contributed by atoms with Crippen LogP contribution >= 0.6 is 0 Å². The summed E-state index contributed by atoms with van der Waals surface area (Å²) in [5, 5.41) is 4.04. The summed E-state index contributed by atoms with van der Waals surface area (Å²) in [7, 11) is 1.65. The third kappa shape index (κ3) is 3.22. The van der Waals surface area contributed by atoms with Crippen LogP contribution in [0.3, 0.4) is 0 Å². The maximum absolute atomic E-state index is 6.09. The van der Waals surface area contributed by atoms with Gasteiger partial charge in [-0.1, -0.05) is 17.3 Å². The zero-order valence-corrected chi connectivity index (χ0v) is 12.0. The Hall–Kier alpha value is -1.92. The molecule has 3 rings (SSSR count). The summed E-state index contributed by atoms with van der Waals surface area (Å²) in [5.74, 6) is 2.03. The first kappa shape index (κ1) is 14.0. The molecule has 2 heterocycles. The number of methoxy groups -OCH3 is 1. The highest BCUT2D eigenvalue weighted by atomic mass is 16.5. The summed E-state index contributed by atoms with van der Waals surface area (Å²) in [6.45, 7) is 1.24. The van der Waals surface area contributed by atoms with Gasteiger partial charge in [0.15, 0.2) is 5.82 Å². The van der Waals surface area contributed by atoms with Crippen LogP contribution in [0.4, 0.5) is 0 Å². The highest BCUT2D eigenvalue weighted by molar-refractivity contribution is 5.30. The molecule has 0 spiro atoms. The van der Waals surface area contributed by atoms with Crippen molar-refractivity contribution in [2.24, 2.45) is 5.73 Å². The first-order chi connectivity index (χ1) is 10.3. The third-order valence-electron chi connectivity index (χ3n) is 3.71. The van der Waals surface area contributed by atoms with E-state index < -0.39 is 0 Å². The summed E-state index contributed by atoms with van der Waals surface area (Å²) in [6, 6.07) is 7.84. The average molecular weight is 289 g/mol. The lowest BCUT2D eigenvalue weighted by Crippen LogP contribution is -2.37. The molecule has 6 nitrogen and oxygen atoms in total. The number of nitrogens with zero attached hydrogens (tertiary/aromatic N) is 2. The van der Waals surface area contributed by atoms with Crippen molar-refractivity contribution < 1.29 is 14.0 Å². The summed E-state index contributed by atoms with van der Waals surface area (Å²) in [5.41, 5.74) is 7.16. The maximum atomic E-state index is 6.09. The predicted octanol–water partition coefficient (Wildman–Crippen LogP) is 1.50. The van der Waals surface area contributed by atoms with Crippen LogP contribution in [0.5, 0.6) is 5.75 Å². The van der Waals surface area contributed by atoms with Crippen LogP contribution in [0.1, 0.15) is 29.6 Å². The van der Waals surface area contributed by atoms with E-state index in [-0.39, 0.29) is 12.0 Å². The fourth-order valence-electron chi connectivity index (χ4n) is 2.46. The number of hydrogen-bond donors (Lipinski definition) is 1. The van der Waals surface area contributed by atoms with Crippen LogP contribution in [0.25, 0.3) is 0 Å². The lowest BCUT2D eigenvalue weighted by atomic mass is 9.97. The second-order valence-electron chi connectivity index (χ2n) is 5.21. The normalized spacial score (nSPS) is 22.2. The van der Waals surface area contributed by atoms with Gasteiger partial charge in [-0.3, -0.25) is 0 Å². The zero-order valence-electron chi connectivity index (χ0n) is 12.0. The molecule has 1 saturated heterocycles. The van der Waals surface area contributed by atoms with E-state index in [0.717, 1.165) is 17.7 Å². The third-order valence-corrected chi connectivity index (χ3v) is 3.71. The van der Waals surface area contributed by atoms with E-state index >= 15 is 0 Å². The summed E-state index contributed by atoms with van der Waals surface area (Å²) in [4.78, 5) is 4.46. The average Bonchev–Trinajstić information content (AvgIpc) is 2.96. The Bertz CT molecular complexity index is 599. The minimum atomic E-state index is -0.00897. The summed E-state index contributed by atoms with van der Waals surface area (Å²) >= 11 is 0. The first-order valence-electron chi connectivity index (χ1n) is 7.05. The lowest BCUT2D eigenvalue weighted by Gasteiger charge is -2.25. The Morgan fingerprint density at radius 1 is 1.43 bits per heavy atom. The molecule has 0 radical (unpaired) electrons. The number of hydrogen-bond acceptors (Lipinski definition) is 6. The molecule has 1 aliphatic heterocycles. The van der Waals surface area contributed by atoms with Crippen LogP contribution < -0.4 is 10.5 Å². The molecule has 0 saturated carbocycles. The minimum Gasteiger partial charge on any atom is -0.497 e. The minimum absolute atomic E-state index is 0.00897. The van der Waals surface area contributed by atoms with E-state index in [1.54, 1.807) is 7.11 Å². The van der Waals surface area contributed by atoms with E-state index in [1.165, 1.54) is 0 Å². The first-order valence-corrected chi connectivity index (χ1v) is 7.05. The lowest BCUT2D eigenvalue weighted by molar-refractivity contribution is 0.0590. The van der Waals surface area contributed by atoms with Crippen LogP contribution in [-0.4, -0.2) is 36.5 Å². The molecule has 1 fully saturated rings. The van der Waals surface area contributed by atoms with Gasteiger partial charge in [-0.05, 0) is 24.1 Å². The van der Waals surface area contributed by atoms with Crippen molar-refractivity contribution in [2.75, 3.05) is 20.3 Å². The molecule has 2 N–H and O–H groups in total. The Kier molecular flexibility index (Phi) is 4.17. The molecule has 21 heavy (non-hydrogen) atoms. The van der Waals surface area contributed by atoms with Crippen LogP contribution in [0.2, 0.25) is 0 Å². The Balaban J connectivity index is 1.72. The monoisotopic (exact) mass is 289 g/mol. The van der Waals surface area contributed by atoms with Gasteiger partial charge < -0.3 is 19.7 Å². The highest BCUT2D eigenvalue weighted by Crippen LogP contribution is 2.24. The molecule has 2 atom stereocenters. The van der Waals surface area contributed by atoms with Crippen LogP contribution in [0.15, 0.2) is 28.8 Å². The number of rotatable bonds is 4. The fraction of sp³-hybridized carbons (Fsp3) is 0.467. The van der Waals surface area contributed by atoms with E-state index in [1.807, 2.05) is 24.3 Å². The molecule has 1 aromatic heterocycles. The molecule has 1 aromatic carbocycles. The topological polar surface area (TPSA) is 83.4 Å². The van der Waals surface area contributed by atoms with Gasteiger partial charge in [-0.15, -0.1) is 0 Å². The molecule has 0 bridgehead atoms. The molecule has 1 aliphatic rings. The van der Waals surface area contributed by atoms with Gasteiger partial charge in [-0.2, -0.15) is 4.98 Å². The number of ether oxygens (including phenoxy) is 2. The van der Waals surface area contributed by atoms with Crippen molar-refractivity contribution >= 4 is 0 Å². The van der Waals surface area contributed by atoms with Gasteiger partial charge in [0.05, 0.1) is 19.6 Å². The van der Waals surface area contributed by atoms with Crippen molar-refractivity contribution in [1.29, 1.82) is 0 Å². The van der Waals surface area contributed by atoms with Gasteiger partial charge in [0.2, 0.25) is 5.89 Å². The SMILES string of the molecule is COc1cccc(Cc2noc(C3COCCC3N)n2)c1. The summed E-state index contributed by atoms with van der Waals surface area (Å²) in [6.07, 6.45) is 1.42. The van der Waals surface area contributed by atoms with Crippen molar-refractivity contribution in [3.05, 3.63) is 41.5 Å².